The van der Waals surface area contributed by atoms with Gasteiger partial charge in [-0.15, -0.1) is 0 Å². The number of rotatable bonds is 1. The van der Waals surface area contributed by atoms with E-state index in [0.717, 1.165) is 16.7 Å². The molecule has 16 heavy (non-hydrogen) atoms. The van der Waals surface area contributed by atoms with Gasteiger partial charge < -0.3 is 9.64 Å². The molecule has 2 rings (SSSR count). The molecule has 1 heterocycles. The molecule has 1 aliphatic heterocycles. The van der Waals surface area contributed by atoms with Gasteiger partial charge in [0.15, 0.2) is 0 Å². The fourth-order valence-corrected chi connectivity index (χ4v) is 2.20. The number of thioether (sulfide) groups is 1. The lowest BCUT2D eigenvalue weighted by molar-refractivity contribution is 0.0593. The van der Waals surface area contributed by atoms with E-state index in [1.807, 2.05) is 0 Å². The van der Waals surface area contributed by atoms with Gasteiger partial charge in [0.1, 0.15) is 5.82 Å². The van der Waals surface area contributed by atoms with Crippen LogP contribution < -0.4 is 0 Å². The van der Waals surface area contributed by atoms with E-state index in [2.05, 4.69) is 0 Å². The molecule has 1 aromatic carbocycles. The molecule has 3 nitrogen and oxygen atoms in total. The number of carbonyl (C=O) groups excluding carboxylic acids is 1. The van der Waals surface area contributed by atoms with Crippen molar-refractivity contribution >= 4 is 17.0 Å². The van der Waals surface area contributed by atoms with Crippen LogP contribution in [0.2, 0.25) is 0 Å². The summed E-state index contributed by atoms with van der Waals surface area (Å²) < 4.78 is 17.8. The van der Waals surface area contributed by atoms with Gasteiger partial charge in [-0.05, 0) is 36.0 Å². The average molecular weight is 241 g/mol. The zero-order valence-electron chi connectivity index (χ0n) is 8.69. The van der Waals surface area contributed by atoms with Gasteiger partial charge in [0, 0.05) is 18.0 Å². The molecule has 0 radical (unpaired) electrons. The fourth-order valence-electron chi connectivity index (χ4n) is 1.41. The van der Waals surface area contributed by atoms with Gasteiger partial charge in [-0.25, -0.2) is 4.39 Å². The first-order chi connectivity index (χ1) is 7.75. The normalized spacial score (nSPS) is 16.2. The maximum absolute atomic E-state index is 12.7. The maximum Gasteiger partial charge on any atom is 0.286 e. The molecule has 0 aliphatic carbocycles. The van der Waals surface area contributed by atoms with Crippen molar-refractivity contribution in [2.75, 3.05) is 26.3 Å². The Hall–Kier alpha value is -1.07. The van der Waals surface area contributed by atoms with Crippen LogP contribution in [0.15, 0.2) is 29.2 Å². The van der Waals surface area contributed by atoms with Crippen LogP contribution in [0.4, 0.5) is 9.18 Å². The van der Waals surface area contributed by atoms with Crippen LogP contribution in [0.5, 0.6) is 0 Å². The molecule has 1 aliphatic rings. The number of benzene rings is 1. The number of morpholine rings is 1. The van der Waals surface area contributed by atoms with E-state index in [0.29, 0.717) is 26.3 Å². The lowest BCUT2D eigenvalue weighted by Crippen LogP contribution is -2.38. The summed E-state index contributed by atoms with van der Waals surface area (Å²) in [5.41, 5.74) is 0. The van der Waals surface area contributed by atoms with Crippen LogP contribution in [0.3, 0.4) is 0 Å². The number of hydrogen-bond donors (Lipinski definition) is 0. The third-order valence-electron chi connectivity index (χ3n) is 2.29. The van der Waals surface area contributed by atoms with Crippen LogP contribution in [0.1, 0.15) is 0 Å². The van der Waals surface area contributed by atoms with E-state index in [4.69, 9.17) is 4.74 Å². The first-order valence-electron chi connectivity index (χ1n) is 5.06. The standard InChI is InChI=1S/C11H12FNO2S/c12-9-1-3-10(4-2-9)16-11(14)13-5-7-15-8-6-13/h1-4H,5-8H2. The van der Waals surface area contributed by atoms with Gasteiger partial charge in [-0.2, -0.15) is 0 Å². The van der Waals surface area contributed by atoms with Crippen LogP contribution in [0, 0.1) is 5.82 Å². The Morgan fingerprint density at radius 3 is 2.50 bits per heavy atom. The van der Waals surface area contributed by atoms with E-state index in [9.17, 15) is 9.18 Å². The maximum atomic E-state index is 12.7. The number of halogens is 1. The third-order valence-corrected chi connectivity index (χ3v) is 3.23. The zero-order chi connectivity index (χ0) is 11.4. The minimum Gasteiger partial charge on any atom is -0.378 e. The topological polar surface area (TPSA) is 29.5 Å². The Kier molecular flexibility index (Phi) is 3.79. The second-order valence-corrected chi connectivity index (χ2v) is 4.45. The first kappa shape index (κ1) is 11.4. The van der Waals surface area contributed by atoms with Gasteiger partial charge in [-0.3, -0.25) is 4.79 Å². The highest BCUT2D eigenvalue weighted by Crippen LogP contribution is 2.22. The van der Waals surface area contributed by atoms with Crippen LogP contribution in [-0.4, -0.2) is 36.4 Å². The fraction of sp³-hybridized carbons (Fsp3) is 0.364. The van der Waals surface area contributed by atoms with Crippen molar-refractivity contribution in [1.82, 2.24) is 4.90 Å². The van der Waals surface area contributed by atoms with Crippen molar-refractivity contribution in [3.05, 3.63) is 30.1 Å². The summed E-state index contributed by atoms with van der Waals surface area (Å²) in [4.78, 5) is 14.3. The molecule has 0 saturated carbocycles. The van der Waals surface area contributed by atoms with E-state index in [-0.39, 0.29) is 11.1 Å². The number of ether oxygens (including phenoxy) is 1. The Bertz CT molecular complexity index is 363. The van der Waals surface area contributed by atoms with Crippen LogP contribution in [0.25, 0.3) is 0 Å². The van der Waals surface area contributed by atoms with E-state index in [1.54, 1.807) is 17.0 Å². The highest BCUT2D eigenvalue weighted by atomic mass is 32.2. The van der Waals surface area contributed by atoms with Crippen molar-refractivity contribution in [3.8, 4) is 0 Å². The summed E-state index contributed by atoms with van der Waals surface area (Å²) in [5, 5.41) is -0.00471. The van der Waals surface area contributed by atoms with Crippen LogP contribution >= 0.6 is 11.8 Å². The number of hydrogen-bond acceptors (Lipinski definition) is 3. The Morgan fingerprint density at radius 2 is 1.88 bits per heavy atom. The summed E-state index contributed by atoms with van der Waals surface area (Å²) in [6.07, 6.45) is 0. The van der Waals surface area contributed by atoms with Crippen molar-refractivity contribution in [2.45, 2.75) is 4.90 Å². The quantitative estimate of drug-likeness (QED) is 0.707. The minimum atomic E-state index is -0.289. The first-order valence-corrected chi connectivity index (χ1v) is 5.87. The van der Waals surface area contributed by atoms with E-state index in [1.165, 1.54) is 12.1 Å². The van der Waals surface area contributed by atoms with Crippen molar-refractivity contribution in [3.63, 3.8) is 0 Å². The highest BCUT2D eigenvalue weighted by molar-refractivity contribution is 8.13. The second kappa shape index (κ2) is 5.32. The SMILES string of the molecule is O=C(Sc1ccc(F)cc1)N1CCOCC1. The summed E-state index contributed by atoms with van der Waals surface area (Å²) in [6, 6.07) is 5.93. The van der Waals surface area contributed by atoms with Crippen molar-refractivity contribution < 1.29 is 13.9 Å². The Balaban J connectivity index is 1.93. The molecule has 0 atom stereocenters. The predicted molar refractivity (Wildman–Crippen MR) is 60.0 cm³/mol. The molecular formula is C11H12FNO2S. The second-order valence-electron chi connectivity index (χ2n) is 3.42. The molecule has 1 aromatic rings. The Morgan fingerprint density at radius 1 is 1.25 bits per heavy atom. The largest absolute Gasteiger partial charge is 0.378 e. The number of carbonyl (C=O) groups is 1. The van der Waals surface area contributed by atoms with Gasteiger partial charge >= 0.3 is 0 Å². The molecule has 0 bridgehead atoms. The summed E-state index contributed by atoms with van der Waals surface area (Å²) in [7, 11) is 0. The van der Waals surface area contributed by atoms with Gasteiger partial charge in [-0.1, -0.05) is 0 Å². The van der Waals surface area contributed by atoms with Crippen LogP contribution in [-0.2, 0) is 4.74 Å². The van der Waals surface area contributed by atoms with Crippen molar-refractivity contribution in [1.29, 1.82) is 0 Å². The molecule has 0 aromatic heterocycles. The molecule has 1 saturated heterocycles. The molecular weight excluding hydrogens is 229 g/mol. The zero-order valence-corrected chi connectivity index (χ0v) is 9.50. The van der Waals surface area contributed by atoms with E-state index >= 15 is 0 Å². The van der Waals surface area contributed by atoms with E-state index < -0.39 is 0 Å². The van der Waals surface area contributed by atoms with Crippen molar-refractivity contribution in [2.24, 2.45) is 0 Å². The van der Waals surface area contributed by atoms with Gasteiger partial charge in [0.25, 0.3) is 5.24 Å². The molecule has 5 heteroatoms. The third kappa shape index (κ3) is 2.96. The molecule has 1 fully saturated rings. The number of nitrogens with zero attached hydrogens (tertiary/aromatic N) is 1. The molecule has 0 spiro atoms. The summed E-state index contributed by atoms with van der Waals surface area (Å²) in [6.45, 7) is 2.45. The van der Waals surface area contributed by atoms with Gasteiger partial charge in [0.05, 0.1) is 13.2 Å². The molecule has 0 unspecified atom stereocenters. The predicted octanol–water partition coefficient (Wildman–Crippen LogP) is 2.37. The molecule has 1 amide bonds. The lowest BCUT2D eigenvalue weighted by Gasteiger charge is -2.26. The summed E-state index contributed by atoms with van der Waals surface area (Å²) >= 11 is 1.12. The number of amides is 1. The lowest BCUT2D eigenvalue weighted by atomic mass is 10.4. The average Bonchev–Trinajstić information content (AvgIpc) is 2.33. The van der Waals surface area contributed by atoms with Gasteiger partial charge in [0.2, 0.25) is 0 Å². The summed E-state index contributed by atoms with van der Waals surface area (Å²) in [5.74, 6) is -0.289. The molecule has 86 valence electrons. The minimum absolute atomic E-state index is 0.00471. The molecule has 0 N–H and O–H groups in total. The monoisotopic (exact) mass is 241 g/mol. The smallest absolute Gasteiger partial charge is 0.286 e. The Labute approximate surface area is 97.6 Å². The highest BCUT2D eigenvalue weighted by Gasteiger charge is 2.17.